The number of nitrogens with zero attached hydrogens (tertiary/aromatic N) is 1. The molecule has 1 aliphatic heterocycles. The average Bonchev–Trinajstić information content (AvgIpc) is 2.69. The number of nitrogens with one attached hydrogen (secondary N) is 2. The van der Waals surface area contributed by atoms with E-state index in [1.807, 2.05) is 18.2 Å². The zero-order valence-electron chi connectivity index (χ0n) is 16.2. The number of hydrogen-bond acceptors (Lipinski definition) is 5. The van der Waals surface area contributed by atoms with Crippen molar-refractivity contribution in [2.75, 3.05) is 38.2 Å². The van der Waals surface area contributed by atoms with Gasteiger partial charge in [-0.2, -0.15) is 0 Å². The minimum absolute atomic E-state index is 0.160. The molecule has 156 valence electrons. The van der Waals surface area contributed by atoms with E-state index in [2.05, 4.69) is 14.9 Å². The minimum Gasteiger partial charge on any atom is -0.379 e. The molecule has 2 aromatic rings. The smallest absolute Gasteiger partial charge is 0.258 e. The average molecular weight is 421 g/mol. The molecule has 0 radical (unpaired) electrons. The first kappa shape index (κ1) is 21.4. The molecule has 0 aromatic heterocycles. The Kier molecular flexibility index (Phi) is 6.96. The van der Waals surface area contributed by atoms with Gasteiger partial charge >= 0.3 is 0 Å². The number of morpholine rings is 1. The van der Waals surface area contributed by atoms with Gasteiger partial charge in [-0.15, -0.1) is 0 Å². The number of hydrogen-bond donors (Lipinski definition) is 2. The molecule has 9 heteroatoms. The second kappa shape index (κ2) is 9.45. The van der Waals surface area contributed by atoms with Crippen LogP contribution in [-0.2, 0) is 21.3 Å². The number of halogens is 1. The molecule has 7 nitrogen and oxygen atoms in total. The van der Waals surface area contributed by atoms with Crippen LogP contribution in [0.2, 0.25) is 0 Å². The highest BCUT2D eigenvalue weighted by Crippen LogP contribution is 2.18. The number of sulfonamides is 1. The highest BCUT2D eigenvalue weighted by Gasteiger charge is 2.19. The van der Waals surface area contributed by atoms with Gasteiger partial charge in [0.05, 0.1) is 23.7 Å². The second-order valence-electron chi connectivity index (χ2n) is 6.69. The Morgan fingerprint density at radius 1 is 1.17 bits per heavy atom. The van der Waals surface area contributed by atoms with E-state index < -0.39 is 21.7 Å². The zero-order chi connectivity index (χ0) is 20.9. The van der Waals surface area contributed by atoms with Crippen molar-refractivity contribution >= 4 is 21.6 Å². The summed E-state index contributed by atoms with van der Waals surface area (Å²) in [7, 11) is -3.79. The third-order valence-corrected chi connectivity index (χ3v) is 6.07. The van der Waals surface area contributed by atoms with Crippen molar-refractivity contribution < 1.29 is 22.3 Å². The van der Waals surface area contributed by atoms with Gasteiger partial charge in [0, 0.05) is 31.9 Å². The SMILES string of the molecule is CCNS(=O)(=O)c1ccc(F)c(C(=O)Nc2cccc(CN3CCOCC3)c2)c1. The third kappa shape index (κ3) is 5.60. The summed E-state index contributed by atoms with van der Waals surface area (Å²) in [5.41, 5.74) is 1.19. The monoisotopic (exact) mass is 421 g/mol. The van der Waals surface area contributed by atoms with Crippen LogP contribution in [0.25, 0.3) is 0 Å². The molecule has 1 heterocycles. The summed E-state index contributed by atoms with van der Waals surface area (Å²) in [5.74, 6) is -1.50. The Morgan fingerprint density at radius 2 is 1.93 bits per heavy atom. The van der Waals surface area contributed by atoms with Crippen molar-refractivity contribution in [2.24, 2.45) is 0 Å². The van der Waals surface area contributed by atoms with E-state index in [4.69, 9.17) is 4.74 Å². The molecule has 1 amide bonds. The Labute approximate surface area is 169 Å². The fraction of sp³-hybridized carbons (Fsp3) is 0.350. The van der Waals surface area contributed by atoms with E-state index in [-0.39, 0.29) is 17.0 Å². The van der Waals surface area contributed by atoms with E-state index in [0.717, 1.165) is 43.4 Å². The van der Waals surface area contributed by atoms with Crippen LogP contribution in [-0.4, -0.2) is 52.1 Å². The van der Waals surface area contributed by atoms with Gasteiger partial charge in [-0.3, -0.25) is 9.69 Å². The van der Waals surface area contributed by atoms with Gasteiger partial charge in [0.1, 0.15) is 5.82 Å². The van der Waals surface area contributed by atoms with E-state index in [0.29, 0.717) is 18.9 Å². The number of carbonyl (C=O) groups is 1. The molecule has 1 aliphatic rings. The van der Waals surface area contributed by atoms with Crippen molar-refractivity contribution in [3.05, 3.63) is 59.4 Å². The van der Waals surface area contributed by atoms with E-state index in [1.54, 1.807) is 13.0 Å². The predicted octanol–water partition coefficient (Wildman–Crippen LogP) is 2.21. The van der Waals surface area contributed by atoms with Gasteiger partial charge < -0.3 is 10.1 Å². The molecule has 0 unspecified atom stereocenters. The maximum Gasteiger partial charge on any atom is 0.258 e. The van der Waals surface area contributed by atoms with Gasteiger partial charge in [-0.25, -0.2) is 17.5 Å². The first-order valence-corrected chi connectivity index (χ1v) is 10.9. The van der Waals surface area contributed by atoms with Crippen molar-refractivity contribution in [2.45, 2.75) is 18.4 Å². The molecule has 0 bridgehead atoms. The summed E-state index contributed by atoms with van der Waals surface area (Å²) in [6.45, 7) is 5.63. The molecular weight excluding hydrogens is 397 g/mol. The molecule has 0 aliphatic carbocycles. The van der Waals surface area contributed by atoms with Crippen LogP contribution in [0.15, 0.2) is 47.4 Å². The molecule has 29 heavy (non-hydrogen) atoms. The van der Waals surface area contributed by atoms with Gasteiger partial charge in [0.2, 0.25) is 10.0 Å². The van der Waals surface area contributed by atoms with Gasteiger partial charge in [-0.05, 0) is 35.9 Å². The summed E-state index contributed by atoms with van der Waals surface area (Å²) in [6.07, 6.45) is 0. The van der Waals surface area contributed by atoms with Gasteiger partial charge in [-0.1, -0.05) is 19.1 Å². The third-order valence-electron chi connectivity index (χ3n) is 4.52. The topological polar surface area (TPSA) is 87.7 Å². The number of carbonyl (C=O) groups excluding carboxylic acids is 1. The fourth-order valence-electron chi connectivity index (χ4n) is 3.08. The predicted molar refractivity (Wildman–Crippen MR) is 108 cm³/mol. The van der Waals surface area contributed by atoms with Gasteiger partial charge in [0.25, 0.3) is 5.91 Å². The molecule has 0 atom stereocenters. The molecule has 0 spiro atoms. The zero-order valence-corrected chi connectivity index (χ0v) is 17.0. The van der Waals surface area contributed by atoms with Crippen LogP contribution in [0.1, 0.15) is 22.8 Å². The molecule has 2 aromatic carbocycles. The lowest BCUT2D eigenvalue weighted by molar-refractivity contribution is 0.0342. The summed E-state index contributed by atoms with van der Waals surface area (Å²) in [5, 5.41) is 2.65. The van der Waals surface area contributed by atoms with Crippen LogP contribution in [0, 0.1) is 5.82 Å². The quantitative estimate of drug-likeness (QED) is 0.716. The van der Waals surface area contributed by atoms with Crippen molar-refractivity contribution in [1.82, 2.24) is 9.62 Å². The van der Waals surface area contributed by atoms with Crippen LogP contribution < -0.4 is 10.0 Å². The molecule has 2 N–H and O–H groups in total. The fourth-order valence-corrected chi connectivity index (χ4v) is 4.15. The largest absolute Gasteiger partial charge is 0.379 e. The number of ether oxygens (including phenoxy) is 1. The van der Waals surface area contributed by atoms with Crippen molar-refractivity contribution in [3.8, 4) is 0 Å². The standard InChI is InChI=1S/C20H24FN3O4S/c1-2-22-29(26,27)17-6-7-19(21)18(13-17)20(25)23-16-5-3-4-15(12-16)14-24-8-10-28-11-9-24/h3-7,12-13,22H,2,8-11,14H2,1H3,(H,23,25). The van der Waals surface area contributed by atoms with Crippen LogP contribution in [0.4, 0.5) is 10.1 Å². The minimum atomic E-state index is -3.79. The Bertz CT molecular complexity index is 975. The Morgan fingerprint density at radius 3 is 2.66 bits per heavy atom. The molecule has 0 saturated carbocycles. The lowest BCUT2D eigenvalue weighted by Gasteiger charge is -2.26. The first-order valence-electron chi connectivity index (χ1n) is 9.38. The normalized spacial score (nSPS) is 15.2. The summed E-state index contributed by atoms with van der Waals surface area (Å²) in [4.78, 5) is 14.7. The van der Waals surface area contributed by atoms with E-state index >= 15 is 0 Å². The highest BCUT2D eigenvalue weighted by molar-refractivity contribution is 7.89. The van der Waals surface area contributed by atoms with Crippen LogP contribution in [0.5, 0.6) is 0 Å². The van der Waals surface area contributed by atoms with E-state index in [9.17, 15) is 17.6 Å². The lowest BCUT2D eigenvalue weighted by Crippen LogP contribution is -2.35. The van der Waals surface area contributed by atoms with Crippen LogP contribution >= 0.6 is 0 Å². The number of amides is 1. The molecule has 3 rings (SSSR count). The lowest BCUT2D eigenvalue weighted by atomic mass is 10.1. The summed E-state index contributed by atoms with van der Waals surface area (Å²) < 4.78 is 46.1. The summed E-state index contributed by atoms with van der Waals surface area (Å²) >= 11 is 0. The Balaban J connectivity index is 1.75. The number of rotatable bonds is 7. The molecular formula is C20H24FN3O4S. The second-order valence-corrected chi connectivity index (χ2v) is 8.45. The molecule has 1 fully saturated rings. The Hall–Kier alpha value is -2.33. The molecule has 1 saturated heterocycles. The van der Waals surface area contributed by atoms with Crippen molar-refractivity contribution in [1.29, 1.82) is 0 Å². The van der Waals surface area contributed by atoms with E-state index in [1.165, 1.54) is 0 Å². The number of benzene rings is 2. The van der Waals surface area contributed by atoms with Gasteiger partial charge in [0.15, 0.2) is 0 Å². The van der Waals surface area contributed by atoms with Crippen molar-refractivity contribution in [3.63, 3.8) is 0 Å². The van der Waals surface area contributed by atoms with Crippen LogP contribution in [0.3, 0.4) is 0 Å². The number of anilines is 1. The first-order chi connectivity index (χ1) is 13.9. The maximum atomic E-state index is 14.2. The maximum absolute atomic E-state index is 14.2. The summed E-state index contributed by atoms with van der Waals surface area (Å²) in [6, 6.07) is 10.5. The highest BCUT2D eigenvalue weighted by atomic mass is 32.2.